The molecule has 1 aliphatic rings. The molecule has 3 rings (SSSR count). The van der Waals surface area contributed by atoms with Crippen LogP contribution >= 0.6 is 0 Å². The van der Waals surface area contributed by atoms with Gasteiger partial charge in [-0.2, -0.15) is 0 Å². The third kappa shape index (κ3) is 6.12. The molecular weight excluding hydrogens is 366 g/mol. The monoisotopic (exact) mass is 397 g/mol. The number of nitrogens with one attached hydrogen (secondary N) is 2. The molecule has 1 heterocycles. The van der Waals surface area contributed by atoms with Crippen molar-refractivity contribution in [1.29, 1.82) is 0 Å². The largest absolute Gasteiger partial charge is 0.493 e. The summed E-state index contributed by atoms with van der Waals surface area (Å²) in [4.78, 5) is 14.6. The second-order valence-electron chi connectivity index (χ2n) is 7.26. The summed E-state index contributed by atoms with van der Waals surface area (Å²) >= 11 is 0. The molecule has 0 radical (unpaired) electrons. The van der Waals surface area contributed by atoms with Gasteiger partial charge in [-0.1, -0.05) is 6.07 Å². The van der Waals surface area contributed by atoms with E-state index in [0.717, 1.165) is 42.3 Å². The molecule has 2 N–H and O–H groups in total. The van der Waals surface area contributed by atoms with Crippen LogP contribution in [0.3, 0.4) is 0 Å². The van der Waals surface area contributed by atoms with Crippen molar-refractivity contribution < 1.29 is 14.3 Å². The average Bonchev–Trinajstić information content (AvgIpc) is 2.77. The van der Waals surface area contributed by atoms with Crippen LogP contribution in [0.25, 0.3) is 0 Å². The van der Waals surface area contributed by atoms with E-state index in [1.54, 1.807) is 14.2 Å². The number of benzene rings is 2. The smallest absolute Gasteiger partial charge is 0.238 e. The predicted molar refractivity (Wildman–Crippen MR) is 117 cm³/mol. The molecule has 0 bridgehead atoms. The first-order valence-electron chi connectivity index (χ1n) is 10.3. The summed E-state index contributed by atoms with van der Waals surface area (Å²) in [5.41, 5.74) is 3.19. The molecular formula is C23H31N3O3. The van der Waals surface area contributed by atoms with Crippen LogP contribution < -0.4 is 25.0 Å². The van der Waals surface area contributed by atoms with E-state index < -0.39 is 0 Å². The molecule has 0 spiro atoms. The number of ether oxygens (including phenoxy) is 2. The number of methoxy groups -OCH3 is 2. The van der Waals surface area contributed by atoms with Gasteiger partial charge >= 0.3 is 0 Å². The number of carbonyl (C=O) groups excluding carboxylic acids is 1. The van der Waals surface area contributed by atoms with Crippen LogP contribution in [0.1, 0.15) is 24.8 Å². The molecule has 0 unspecified atom stereocenters. The number of rotatable bonds is 9. The Bertz CT molecular complexity index is 786. The summed E-state index contributed by atoms with van der Waals surface area (Å²) in [5.74, 6) is 1.40. The maximum atomic E-state index is 12.2. The first-order valence-corrected chi connectivity index (χ1v) is 10.3. The van der Waals surface area contributed by atoms with E-state index in [1.807, 2.05) is 30.3 Å². The van der Waals surface area contributed by atoms with Gasteiger partial charge in [0.15, 0.2) is 11.5 Å². The van der Waals surface area contributed by atoms with Crippen molar-refractivity contribution in [3.63, 3.8) is 0 Å². The summed E-state index contributed by atoms with van der Waals surface area (Å²) in [5, 5.41) is 6.14. The van der Waals surface area contributed by atoms with E-state index >= 15 is 0 Å². The van der Waals surface area contributed by atoms with Crippen molar-refractivity contribution in [2.75, 3.05) is 50.6 Å². The number of nitrogens with zero attached hydrogens (tertiary/aromatic N) is 1. The first-order chi connectivity index (χ1) is 14.2. The molecule has 1 fully saturated rings. The zero-order valence-electron chi connectivity index (χ0n) is 17.4. The van der Waals surface area contributed by atoms with Gasteiger partial charge in [-0.15, -0.1) is 0 Å². The molecule has 1 aliphatic heterocycles. The Morgan fingerprint density at radius 3 is 2.38 bits per heavy atom. The average molecular weight is 398 g/mol. The molecule has 156 valence electrons. The summed E-state index contributed by atoms with van der Waals surface area (Å²) < 4.78 is 10.6. The fourth-order valence-electron chi connectivity index (χ4n) is 3.58. The highest BCUT2D eigenvalue weighted by atomic mass is 16.5. The van der Waals surface area contributed by atoms with Crippen LogP contribution in [0.15, 0.2) is 42.5 Å². The summed E-state index contributed by atoms with van der Waals surface area (Å²) in [7, 11) is 3.25. The summed E-state index contributed by atoms with van der Waals surface area (Å²) in [6.45, 7) is 3.23. The van der Waals surface area contributed by atoms with Crippen LogP contribution in [0.5, 0.6) is 11.5 Å². The van der Waals surface area contributed by atoms with Crippen LogP contribution in [0.2, 0.25) is 0 Å². The van der Waals surface area contributed by atoms with Crippen molar-refractivity contribution in [1.82, 2.24) is 5.32 Å². The van der Waals surface area contributed by atoms with Gasteiger partial charge in [0.25, 0.3) is 0 Å². The lowest BCUT2D eigenvalue weighted by atomic mass is 10.1. The molecule has 6 nitrogen and oxygen atoms in total. The minimum atomic E-state index is -0.0389. The highest BCUT2D eigenvalue weighted by Gasteiger charge is 2.11. The highest BCUT2D eigenvalue weighted by molar-refractivity contribution is 5.92. The molecule has 0 atom stereocenters. The molecule has 29 heavy (non-hydrogen) atoms. The minimum Gasteiger partial charge on any atom is -0.493 e. The zero-order valence-corrected chi connectivity index (χ0v) is 17.4. The Labute approximate surface area is 173 Å². The maximum Gasteiger partial charge on any atom is 0.238 e. The van der Waals surface area contributed by atoms with Crippen molar-refractivity contribution in [3.8, 4) is 11.5 Å². The van der Waals surface area contributed by atoms with Crippen molar-refractivity contribution >= 4 is 17.3 Å². The standard InChI is InChI=1S/C23H31N3O3/c1-28-21-11-6-18(16-22(21)29-2)12-13-24-17-23(27)25-19-7-9-20(10-8-19)26-14-4-3-5-15-26/h6-11,16,24H,3-5,12-15,17H2,1-2H3,(H,25,27). The molecule has 6 heteroatoms. The number of amides is 1. The van der Waals surface area contributed by atoms with Gasteiger partial charge in [0, 0.05) is 24.5 Å². The van der Waals surface area contributed by atoms with E-state index in [1.165, 1.54) is 24.9 Å². The zero-order chi connectivity index (χ0) is 20.5. The van der Waals surface area contributed by atoms with Crippen LogP contribution in [0.4, 0.5) is 11.4 Å². The van der Waals surface area contributed by atoms with Crippen LogP contribution in [-0.2, 0) is 11.2 Å². The Morgan fingerprint density at radius 1 is 0.966 bits per heavy atom. The fraction of sp³-hybridized carbons (Fsp3) is 0.435. The van der Waals surface area contributed by atoms with Crippen LogP contribution in [-0.4, -0.2) is 46.3 Å². The van der Waals surface area contributed by atoms with Crippen LogP contribution in [0, 0.1) is 0 Å². The molecule has 2 aromatic carbocycles. The van der Waals surface area contributed by atoms with Gasteiger partial charge in [0.05, 0.1) is 20.8 Å². The highest BCUT2D eigenvalue weighted by Crippen LogP contribution is 2.27. The lowest BCUT2D eigenvalue weighted by molar-refractivity contribution is -0.115. The quantitative estimate of drug-likeness (QED) is 0.635. The van der Waals surface area contributed by atoms with Gasteiger partial charge < -0.3 is 25.0 Å². The Hall–Kier alpha value is -2.73. The van der Waals surface area contributed by atoms with Crippen molar-refractivity contribution in [2.24, 2.45) is 0 Å². The van der Waals surface area contributed by atoms with Gasteiger partial charge in [0.2, 0.25) is 5.91 Å². The lowest BCUT2D eigenvalue weighted by Gasteiger charge is -2.28. The molecule has 0 saturated carbocycles. The minimum absolute atomic E-state index is 0.0389. The molecule has 1 saturated heterocycles. The second-order valence-corrected chi connectivity index (χ2v) is 7.26. The Kier molecular flexibility index (Phi) is 7.76. The molecule has 2 aromatic rings. The molecule has 1 amide bonds. The number of hydrogen-bond donors (Lipinski definition) is 2. The van der Waals surface area contributed by atoms with E-state index in [2.05, 4.69) is 27.7 Å². The number of carbonyl (C=O) groups is 1. The van der Waals surface area contributed by atoms with Crippen molar-refractivity contribution in [2.45, 2.75) is 25.7 Å². The Balaban J connectivity index is 1.39. The number of hydrogen-bond acceptors (Lipinski definition) is 5. The SMILES string of the molecule is COc1ccc(CCNCC(=O)Nc2ccc(N3CCCCC3)cc2)cc1OC. The normalized spacial score (nSPS) is 13.8. The number of piperidine rings is 1. The van der Waals surface area contributed by atoms with E-state index in [4.69, 9.17) is 9.47 Å². The molecule has 0 aliphatic carbocycles. The van der Waals surface area contributed by atoms with Gasteiger partial charge in [0.1, 0.15) is 0 Å². The molecule has 0 aromatic heterocycles. The predicted octanol–water partition coefficient (Wildman–Crippen LogP) is 3.46. The van der Waals surface area contributed by atoms with E-state index in [-0.39, 0.29) is 12.5 Å². The van der Waals surface area contributed by atoms with Crippen molar-refractivity contribution in [3.05, 3.63) is 48.0 Å². The van der Waals surface area contributed by atoms with Gasteiger partial charge in [-0.3, -0.25) is 4.79 Å². The third-order valence-corrected chi connectivity index (χ3v) is 5.20. The first kappa shape index (κ1) is 21.0. The third-order valence-electron chi connectivity index (χ3n) is 5.20. The van der Waals surface area contributed by atoms with E-state index in [0.29, 0.717) is 6.54 Å². The topological polar surface area (TPSA) is 62.8 Å². The van der Waals surface area contributed by atoms with Gasteiger partial charge in [-0.05, 0) is 74.2 Å². The second kappa shape index (κ2) is 10.7. The Morgan fingerprint density at radius 2 is 1.69 bits per heavy atom. The number of anilines is 2. The van der Waals surface area contributed by atoms with Gasteiger partial charge in [-0.25, -0.2) is 0 Å². The van der Waals surface area contributed by atoms with E-state index in [9.17, 15) is 4.79 Å². The summed E-state index contributed by atoms with van der Waals surface area (Å²) in [6, 6.07) is 14.0. The summed E-state index contributed by atoms with van der Waals surface area (Å²) in [6.07, 6.45) is 4.64. The maximum absolute atomic E-state index is 12.2. The fourth-order valence-corrected chi connectivity index (χ4v) is 3.58. The lowest BCUT2D eigenvalue weighted by Crippen LogP contribution is -2.30.